The van der Waals surface area contributed by atoms with Crippen molar-refractivity contribution in [2.75, 3.05) is 11.9 Å². The van der Waals surface area contributed by atoms with Crippen LogP contribution >= 0.6 is 0 Å². The van der Waals surface area contributed by atoms with Crippen LogP contribution in [0.15, 0.2) is 29.2 Å². The molecule has 1 rings (SSSR count). The molecule has 0 bridgehead atoms. The second kappa shape index (κ2) is 6.46. The Balaban J connectivity index is 2.77. The molecule has 0 aromatic heterocycles. The number of carbonyl (C=O) groups is 2. The predicted molar refractivity (Wildman–Crippen MR) is 69.6 cm³/mol. The summed E-state index contributed by atoms with van der Waals surface area (Å²) in [7, 11) is -3.92. The zero-order chi connectivity index (χ0) is 15.3. The molecule has 1 aromatic rings. The van der Waals surface area contributed by atoms with Gasteiger partial charge in [0.15, 0.2) is 6.10 Å². The summed E-state index contributed by atoms with van der Waals surface area (Å²) in [6.45, 7) is 0.685. The fourth-order valence-electron chi connectivity index (χ4n) is 1.28. The van der Waals surface area contributed by atoms with E-state index in [1.807, 2.05) is 4.72 Å². The van der Waals surface area contributed by atoms with Crippen molar-refractivity contribution in [1.29, 1.82) is 0 Å². The molecule has 1 atom stereocenters. The number of nitrogens with one attached hydrogen (secondary N) is 2. The van der Waals surface area contributed by atoms with Crippen molar-refractivity contribution in [1.82, 2.24) is 4.72 Å². The molecule has 1 aromatic carbocycles. The fourth-order valence-corrected chi connectivity index (χ4v) is 2.32. The molecule has 8 nitrogen and oxygen atoms in total. The third-order valence-corrected chi connectivity index (χ3v) is 3.68. The van der Waals surface area contributed by atoms with Crippen LogP contribution in [0.5, 0.6) is 0 Å². The van der Waals surface area contributed by atoms with Crippen LogP contribution in [0.4, 0.5) is 5.69 Å². The Kier molecular flexibility index (Phi) is 5.19. The van der Waals surface area contributed by atoms with Crippen LogP contribution in [0, 0.1) is 0 Å². The van der Waals surface area contributed by atoms with Gasteiger partial charge in [-0.15, -0.1) is 0 Å². The number of hydrogen-bond donors (Lipinski definition) is 4. The smallest absolute Gasteiger partial charge is 0.333 e. The lowest BCUT2D eigenvalue weighted by Crippen LogP contribution is -2.36. The Morgan fingerprint density at radius 2 is 1.80 bits per heavy atom. The van der Waals surface area contributed by atoms with E-state index in [2.05, 4.69) is 5.32 Å². The van der Waals surface area contributed by atoms with Crippen LogP contribution in [0.25, 0.3) is 0 Å². The highest BCUT2D eigenvalue weighted by atomic mass is 32.2. The number of aliphatic carboxylic acids is 1. The minimum Gasteiger partial charge on any atom is -0.479 e. The monoisotopic (exact) mass is 302 g/mol. The number of aliphatic hydroxyl groups is 1. The minimum atomic E-state index is -3.92. The van der Waals surface area contributed by atoms with Crippen molar-refractivity contribution in [3.8, 4) is 0 Å². The first kappa shape index (κ1) is 16.1. The maximum atomic E-state index is 11.8. The van der Waals surface area contributed by atoms with Crippen LogP contribution in [0.3, 0.4) is 0 Å². The van der Waals surface area contributed by atoms with E-state index in [9.17, 15) is 18.0 Å². The number of sulfonamides is 1. The summed E-state index contributed by atoms with van der Waals surface area (Å²) in [5.41, 5.74) is 0.432. The maximum Gasteiger partial charge on any atom is 0.333 e. The van der Waals surface area contributed by atoms with Gasteiger partial charge in [0, 0.05) is 19.2 Å². The average Bonchev–Trinajstić information content (AvgIpc) is 2.35. The molecule has 0 fully saturated rings. The third-order valence-electron chi connectivity index (χ3n) is 2.24. The summed E-state index contributed by atoms with van der Waals surface area (Å²) < 4.78 is 25.6. The first-order valence-electron chi connectivity index (χ1n) is 5.50. The number of carboxylic acid groups (broad SMARTS) is 1. The Hall–Kier alpha value is -1.97. The van der Waals surface area contributed by atoms with E-state index in [1.54, 1.807) is 0 Å². The molecular formula is C11H14N2O6S. The molecule has 0 aliphatic carbocycles. The number of carbonyl (C=O) groups excluding carboxylic acids is 1. The zero-order valence-corrected chi connectivity index (χ0v) is 11.3. The SMILES string of the molecule is CC(=O)Nc1ccc(S(=O)(=O)NCC(O)C(=O)O)cc1. The lowest BCUT2D eigenvalue weighted by Gasteiger charge is -2.09. The van der Waals surface area contributed by atoms with Gasteiger partial charge in [0.25, 0.3) is 0 Å². The molecule has 1 unspecified atom stereocenters. The number of rotatable bonds is 6. The van der Waals surface area contributed by atoms with E-state index >= 15 is 0 Å². The molecule has 20 heavy (non-hydrogen) atoms. The fraction of sp³-hybridized carbons (Fsp3) is 0.273. The van der Waals surface area contributed by atoms with E-state index in [4.69, 9.17) is 10.2 Å². The highest BCUT2D eigenvalue weighted by Crippen LogP contribution is 2.13. The number of aliphatic hydroxyl groups excluding tert-OH is 1. The zero-order valence-electron chi connectivity index (χ0n) is 10.5. The van der Waals surface area contributed by atoms with E-state index < -0.39 is 28.6 Å². The van der Waals surface area contributed by atoms with E-state index in [0.29, 0.717) is 5.69 Å². The minimum absolute atomic E-state index is 0.107. The highest BCUT2D eigenvalue weighted by molar-refractivity contribution is 7.89. The van der Waals surface area contributed by atoms with Crippen LogP contribution in [-0.2, 0) is 19.6 Å². The van der Waals surface area contributed by atoms with E-state index in [-0.39, 0.29) is 10.8 Å². The van der Waals surface area contributed by atoms with Gasteiger partial charge in [0.05, 0.1) is 4.90 Å². The topological polar surface area (TPSA) is 133 Å². The van der Waals surface area contributed by atoms with Gasteiger partial charge in [0.1, 0.15) is 0 Å². The van der Waals surface area contributed by atoms with Crippen LogP contribution in [0.2, 0.25) is 0 Å². The number of carboxylic acids is 1. The first-order valence-corrected chi connectivity index (χ1v) is 6.99. The van der Waals surface area contributed by atoms with E-state index in [1.165, 1.54) is 31.2 Å². The van der Waals surface area contributed by atoms with Gasteiger partial charge in [-0.1, -0.05) is 0 Å². The Labute approximate surface area is 115 Å². The number of hydrogen-bond acceptors (Lipinski definition) is 5. The molecule has 0 saturated heterocycles. The van der Waals surface area contributed by atoms with Crippen LogP contribution in [0.1, 0.15) is 6.92 Å². The summed E-state index contributed by atoms with van der Waals surface area (Å²) in [6, 6.07) is 5.29. The van der Waals surface area contributed by atoms with Gasteiger partial charge < -0.3 is 15.5 Å². The average molecular weight is 302 g/mol. The molecule has 0 spiro atoms. The largest absolute Gasteiger partial charge is 0.479 e. The second-order valence-corrected chi connectivity index (χ2v) is 5.68. The molecule has 0 saturated carbocycles. The molecular weight excluding hydrogens is 288 g/mol. The van der Waals surface area contributed by atoms with Gasteiger partial charge in [-0.05, 0) is 24.3 Å². The molecule has 9 heteroatoms. The standard InChI is InChI=1S/C11H14N2O6S/c1-7(14)13-8-2-4-9(5-3-8)20(18,19)12-6-10(15)11(16)17/h2-5,10,12,15H,6H2,1H3,(H,13,14)(H,16,17). The van der Waals surface area contributed by atoms with Gasteiger partial charge in [0.2, 0.25) is 15.9 Å². The summed E-state index contributed by atoms with van der Waals surface area (Å²) >= 11 is 0. The highest BCUT2D eigenvalue weighted by Gasteiger charge is 2.19. The Morgan fingerprint density at radius 1 is 1.25 bits per heavy atom. The summed E-state index contributed by atoms with van der Waals surface area (Å²) in [4.78, 5) is 21.1. The van der Waals surface area contributed by atoms with Crippen molar-refractivity contribution in [3.63, 3.8) is 0 Å². The van der Waals surface area contributed by atoms with Crippen LogP contribution < -0.4 is 10.0 Å². The number of anilines is 1. The normalized spacial score (nSPS) is 12.7. The summed E-state index contributed by atoms with van der Waals surface area (Å²) in [5.74, 6) is -1.81. The van der Waals surface area contributed by atoms with Gasteiger partial charge >= 0.3 is 5.97 Å². The molecule has 0 aliphatic heterocycles. The van der Waals surface area contributed by atoms with Gasteiger partial charge in [-0.2, -0.15) is 0 Å². The molecule has 0 heterocycles. The predicted octanol–water partition coefficient (Wildman–Crippen LogP) is -0.631. The number of amides is 1. The lowest BCUT2D eigenvalue weighted by atomic mass is 10.3. The molecule has 110 valence electrons. The lowest BCUT2D eigenvalue weighted by molar-refractivity contribution is -0.146. The Morgan fingerprint density at radius 3 is 2.25 bits per heavy atom. The Bertz CT molecular complexity index is 596. The van der Waals surface area contributed by atoms with Crippen molar-refractivity contribution >= 4 is 27.6 Å². The van der Waals surface area contributed by atoms with Crippen molar-refractivity contribution in [3.05, 3.63) is 24.3 Å². The molecule has 4 N–H and O–H groups in total. The second-order valence-electron chi connectivity index (χ2n) is 3.91. The van der Waals surface area contributed by atoms with Crippen molar-refractivity contribution < 1.29 is 28.2 Å². The van der Waals surface area contributed by atoms with Crippen molar-refractivity contribution in [2.45, 2.75) is 17.9 Å². The van der Waals surface area contributed by atoms with Gasteiger partial charge in [-0.3, -0.25) is 4.79 Å². The van der Waals surface area contributed by atoms with E-state index in [0.717, 1.165) is 0 Å². The molecule has 0 aliphatic rings. The van der Waals surface area contributed by atoms with Gasteiger partial charge in [-0.25, -0.2) is 17.9 Å². The first-order chi connectivity index (χ1) is 9.22. The van der Waals surface area contributed by atoms with Crippen molar-refractivity contribution in [2.24, 2.45) is 0 Å². The maximum absolute atomic E-state index is 11.8. The van der Waals surface area contributed by atoms with Crippen LogP contribution in [-0.4, -0.2) is 43.2 Å². The summed E-state index contributed by atoms with van der Waals surface area (Å²) in [5, 5.41) is 19.9. The quantitative estimate of drug-likeness (QED) is 0.553. The molecule has 1 amide bonds. The third kappa shape index (κ3) is 4.61. The molecule has 0 radical (unpaired) electrons. The number of benzene rings is 1. The summed E-state index contributed by atoms with van der Waals surface area (Å²) in [6.07, 6.45) is -1.82.